The Labute approximate surface area is 205 Å². The number of hydrogen-bond acceptors (Lipinski definition) is 5. The number of ether oxygens (including phenoxy) is 3. The van der Waals surface area contributed by atoms with Crippen LogP contribution in [-0.2, 0) is 20.8 Å². The maximum atomic E-state index is 11.5. The van der Waals surface area contributed by atoms with Crippen molar-refractivity contribution in [3.05, 3.63) is 59.2 Å². The van der Waals surface area contributed by atoms with Gasteiger partial charge in [-0.2, -0.15) is 0 Å². The highest BCUT2D eigenvalue weighted by molar-refractivity contribution is 5.25. The predicted octanol–water partition coefficient (Wildman–Crippen LogP) is 5.24. The van der Waals surface area contributed by atoms with E-state index in [4.69, 9.17) is 14.2 Å². The van der Waals surface area contributed by atoms with Crippen LogP contribution >= 0.6 is 0 Å². The lowest BCUT2D eigenvalue weighted by Gasteiger charge is -2.49. The molecule has 0 aliphatic carbocycles. The van der Waals surface area contributed by atoms with Gasteiger partial charge >= 0.3 is 0 Å². The number of rotatable bonds is 7. The summed E-state index contributed by atoms with van der Waals surface area (Å²) in [6, 6.07) is 10.5. The van der Waals surface area contributed by atoms with Crippen molar-refractivity contribution in [2.24, 2.45) is 5.92 Å². The van der Waals surface area contributed by atoms with E-state index >= 15 is 0 Å². The summed E-state index contributed by atoms with van der Waals surface area (Å²) in [6.07, 6.45) is 7.12. The average Bonchev–Trinajstić information content (AvgIpc) is 3.38. The van der Waals surface area contributed by atoms with Gasteiger partial charge in [-0.05, 0) is 83.1 Å². The Morgan fingerprint density at radius 1 is 1.24 bits per heavy atom. The van der Waals surface area contributed by atoms with Crippen LogP contribution in [0.4, 0.5) is 0 Å². The molecule has 0 bridgehead atoms. The topological polar surface area (TPSA) is 51.2 Å². The summed E-state index contributed by atoms with van der Waals surface area (Å²) in [6.45, 7) is 14.9. The van der Waals surface area contributed by atoms with Crippen molar-refractivity contribution in [3.8, 4) is 0 Å². The Hall–Kier alpha value is -1.50. The first-order valence-corrected chi connectivity index (χ1v) is 12.9. The van der Waals surface area contributed by atoms with E-state index in [1.54, 1.807) is 0 Å². The van der Waals surface area contributed by atoms with Crippen LogP contribution in [0, 0.1) is 5.92 Å². The minimum absolute atomic E-state index is 0.00448. The molecule has 0 aromatic heterocycles. The van der Waals surface area contributed by atoms with Gasteiger partial charge in [0.2, 0.25) is 0 Å². The van der Waals surface area contributed by atoms with Crippen molar-refractivity contribution < 1.29 is 19.3 Å². The smallest absolute Gasteiger partial charge is 0.164 e. The minimum atomic E-state index is -0.613. The van der Waals surface area contributed by atoms with Gasteiger partial charge in [0.1, 0.15) is 17.8 Å². The van der Waals surface area contributed by atoms with Crippen LogP contribution in [0.2, 0.25) is 0 Å². The molecule has 0 unspecified atom stereocenters. The molecule has 5 heteroatoms. The lowest BCUT2D eigenvalue weighted by atomic mass is 9.79. The molecule has 5 nitrogen and oxygen atoms in total. The second-order valence-corrected chi connectivity index (χ2v) is 11.2. The lowest BCUT2D eigenvalue weighted by molar-refractivity contribution is -0.158. The van der Waals surface area contributed by atoms with Crippen molar-refractivity contribution in [2.75, 3.05) is 13.1 Å². The molecule has 1 aromatic carbocycles. The zero-order chi connectivity index (χ0) is 24.5. The van der Waals surface area contributed by atoms with Crippen LogP contribution in [-0.4, -0.2) is 58.8 Å². The van der Waals surface area contributed by atoms with Gasteiger partial charge in [0.15, 0.2) is 5.79 Å². The molecule has 4 rings (SSSR count). The van der Waals surface area contributed by atoms with Crippen molar-refractivity contribution in [1.82, 2.24) is 4.90 Å². The Bertz CT molecular complexity index is 895. The van der Waals surface area contributed by atoms with Crippen LogP contribution < -0.4 is 0 Å². The van der Waals surface area contributed by atoms with E-state index in [1.807, 2.05) is 32.0 Å². The molecule has 3 saturated heterocycles. The van der Waals surface area contributed by atoms with Crippen molar-refractivity contribution in [2.45, 2.75) is 103 Å². The largest absolute Gasteiger partial charge is 0.386 e. The molecule has 0 amide bonds. The van der Waals surface area contributed by atoms with E-state index < -0.39 is 17.5 Å². The van der Waals surface area contributed by atoms with Crippen molar-refractivity contribution >= 4 is 0 Å². The number of nitrogens with zero attached hydrogens (tertiary/aromatic N) is 1. The van der Waals surface area contributed by atoms with Gasteiger partial charge in [-0.25, -0.2) is 0 Å². The lowest BCUT2D eigenvalue weighted by Crippen LogP contribution is -2.62. The van der Waals surface area contributed by atoms with Gasteiger partial charge in [0, 0.05) is 12.6 Å². The second kappa shape index (κ2) is 10.2. The number of aliphatic hydroxyl groups excluding tert-OH is 1. The highest BCUT2D eigenvalue weighted by Gasteiger charge is 2.51. The van der Waals surface area contributed by atoms with Crippen LogP contribution in [0.5, 0.6) is 0 Å². The summed E-state index contributed by atoms with van der Waals surface area (Å²) in [5.41, 5.74) is 2.82. The Morgan fingerprint density at radius 2 is 1.97 bits per heavy atom. The monoisotopic (exact) mass is 469 g/mol. The third kappa shape index (κ3) is 5.50. The van der Waals surface area contributed by atoms with E-state index in [2.05, 4.69) is 56.9 Å². The average molecular weight is 470 g/mol. The summed E-state index contributed by atoms with van der Waals surface area (Å²) in [7, 11) is 0. The van der Waals surface area contributed by atoms with E-state index in [9.17, 15) is 5.11 Å². The molecule has 3 heterocycles. The molecule has 3 aliphatic heterocycles. The van der Waals surface area contributed by atoms with Gasteiger partial charge in [0.05, 0.1) is 12.7 Å². The van der Waals surface area contributed by atoms with Crippen LogP contribution in [0.15, 0.2) is 53.6 Å². The molecule has 3 fully saturated rings. The maximum absolute atomic E-state index is 11.5. The first-order chi connectivity index (χ1) is 16.1. The van der Waals surface area contributed by atoms with Crippen molar-refractivity contribution in [1.29, 1.82) is 0 Å². The highest BCUT2D eigenvalue weighted by atomic mass is 16.7. The fraction of sp³-hybridized carbons (Fsp3) is 0.655. The first kappa shape index (κ1) is 25.6. The Morgan fingerprint density at radius 3 is 2.65 bits per heavy atom. The summed E-state index contributed by atoms with van der Waals surface area (Å²) in [4.78, 5) is 2.50. The standard InChI is InChI=1S/C29H43NO4/c1-20(14-15-21(2)26-22(3)33-28(4,5)34-26)17-24-18-30-16-10-13-25(30)29(6,27(24)31)32-19-23-11-8-7-9-12-23/h7-9,11-12,15,17,20,22,25-27,31H,10,13-14,16,18-19H2,1-6H3/b21-15+,24-17+/t20-,22-,25+,26-,27-,29-/m1/s1. The van der Waals surface area contributed by atoms with Gasteiger partial charge in [-0.1, -0.05) is 49.4 Å². The predicted molar refractivity (Wildman–Crippen MR) is 135 cm³/mol. The van der Waals surface area contributed by atoms with Crippen LogP contribution in [0.25, 0.3) is 0 Å². The van der Waals surface area contributed by atoms with Crippen molar-refractivity contribution in [3.63, 3.8) is 0 Å². The Kier molecular flexibility index (Phi) is 7.70. The summed E-state index contributed by atoms with van der Waals surface area (Å²) in [5.74, 6) is -0.224. The number of piperidine rings is 1. The number of aliphatic hydroxyl groups is 1. The zero-order valence-electron chi connectivity index (χ0n) is 21.8. The van der Waals surface area contributed by atoms with E-state index in [1.165, 1.54) is 5.57 Å². The van der Waals surface area contributed by atoms with E-state index in [0.29, 0.717) is 12.5 Å². The van der Waals surface area contributed by atoms with Gasteiger partial charge in [0.25, 0.3) is 0 Å². The van der Waals surface area contributed by atoms with Crippen LogP contribution in [0.1, 0.15) is 66.4 Å². The first-order valence-electron chi connectivity index (χ1n) is 12.9. The molecule has 0 saturated carbocycles. The third-order valence-corrected chi connectivity index (χ3v) is 7.76. The summed E-state index contributed by atoms with van der Waals surface area (Å²) < 4.78 is 18.5. The molecule has 6 atom stereocenters. The zero-order valence-corrected chi connectivity index (χ0v) is 21.8. The minimum Gasteiger partial charge on any atom is -0.386 e. The van der Waals surface area contributed by atoms with Gasteiger partial charge < -0.3 is 19.3 Å². The highest BCUT2D eigenvalue weighted by Crippen LogP contribution is 2.41. The third-order valence-electron chi connectivity index (χ3n) is 7.76. The molecule has 3 aliphatic rings. The SMILES string of the molecule is C/C(=C\C[C@@H](C)/C=C1\CN2CCC[C@H]2[C@@](C)(OCc2ccccc2)[C@@H]1O)[C@H]1OC(C)(C)O[C@@H]1C. The molecule has 34 heavy (non-hydrogen) atoms. The summed E-state index contributed by atoms with van der Waals surface area (Å²) in [5, 5.41) is 11.5. The molecular weight excluding hydrogens is 426 g/mol. The molecule has 1 aromatic rings. The maximum Gasteiger partial charge on any atom is 0.164 e. The fourth-order valence-corrected chi connectivity index (χ4v) is 5.99. The normalized spacial score (nSPS) is 36.1. The molecule has 0 spiro atoms. The fourth-order valence-electron chi connectivity index (χ4n) is 5.99. The van der Waals surface area contributed by atoms with E-state index in [0.717, 1.165) is 43.5 Å². The van der Waals surface area contributed by atoms with Gasteiger partial charge in [-0.3, -0.25) is 4.90 Å². The molecular formula is C29H43NO4. The molecule has 188 valence electrons. The van der Waals surface area contributed by atoms with Crippen LogP contribution in [0.3, 0.4) is 0 Å². The summed E-state index contributed by atoms with van der Waals surface area (Å²) >= 11 is 0. The number of hydrogen-bond donors (Lipinski definition) is 1. The molecule has 0 radical (unpaired) electrons. The number of benzene rings is 1. The van der Waals surface area contributed by atoms with E-state index in [-0.39, 0.29) is 18.2 Å². The number of allylic oxidation sites excluding steroid dienone is 2. The number of fused-ring (bicyclic) bond motifs is 1. The second-order valence-electron chi connectivity index (χ2n) is 11.2. The van der Waals surface area contributed by atoms with Gasteiger partial charge in [-0.15, -0.1) is 0 Å². The quantitative estimate of drug-likeness (QED) is 0.554. The Balaban J connectivity index is 1.45. The molecule has 1 N–H and O–H groups in total.